The van der Waals surface area contributed by atoms with E-state index in [4.69, 9.17) is 14.7 Å². The maximum Gasteiger partial charge on any atom is 0.417 e. The number of anilines is 1. The molecule has 1 amide bonds. The minimum atomic E-state index is -4.91. The smallest absolute Gasteiger partial charge is 0.417 e. The Bertz CT molecular complexity index is 1130. The van der Waals surface area contributed by atoms with Gasteiger partial charge in [0.2, 0.25) is 5.82 Å². The molecule has 0 spiro atoms. The lowest BCUT2D eigenvalue weighted by atomic mass is 9.77. The first-order valence-corrected chi connectivity index (χ1v) is 9.62. The number of ether oxygens (including phenoxy) is 2. The van der Waals surface area contributed by atoms with Crippen LogP contribution < -0.4 is 10.1 Å². The number of nitrogens with zero attached hydrogens (tertiary/aromatic N) is 1. The molecule has 33 heavy (non-hydrogen) atoms. The van der Waals surface area contributed by atoms with Gasteiger partial charge in [-0.05, 0) is 31.2 Å². The van der Waals surface area contributed by atoms with Crippen molar-refractivity contribution in [1.29, 1.82) is 5.26 Å². The summed E-state index contributed by atoms with van der Waals surface area (Å²) in [7, 11) is 1.02. The standard InChI is InChI=1S/C22H18F6N2O3/c1-10-16(13-5-7-15(24)17(25)18(13)32-3)19(33-21(10,2)22(26,27)28)20(31)30-12-4-6-14(23)11(8-12)9-29/h4-8,10,16,19H,1-3H3,(H,30,31)/t10-,16-,19+,21+/m0/s1. The van der Waals surface area contributed by atoms with E-state index in [-0.39, 0.29) is 11.3 Å². The Morgan fingerprint density at radius 3 is 2.39 bits per heavy atom. The number of nitriles is 1. The first-order chi connectivity index (χ1) is 15.4. The highest BCUT2D eigenvalue weighted by molar-refractivity contribution is 5.95. The lowest BCUT2D eigenvalue weighted by Gasteiger charge is -2.32. The van der Waals surface area contributed by atoms with Gasteiger partial charge >= 0.3 is 6.18 Å². The Balaban J connectivity index is 2.09. The van der Waals surface area contributed by atoms with Crippen LogP contribution in [0.4, 0.5) is 32.0 Å². The minimum Gasteiger partial charge on any atom is -0.493 e. The van der Waals surface area contributed by atoms with Gasteiger partial charge in [-0.2, -0.15) is 22.8 Å². The topological polar surface area (TPSA) is 71.3 Å². The number of hydrogen-bond acceptors (Lipinski definition) is 4. The van der Waals surface area contributed by atoms with Crippen LogP contribution in [0.2, 0.25) is 0 Å². The summed E-state index contributed by atoms with van der Waals surface area (Å²) in [5.74, 6) is -8.06. The van der Waals surface area contributed by atoms with E-state index >= 15 is 0 Å². The number of halogens is 6. The van der Waals surface area contributed by atoms with Gasteiger partial charge in [0.05, 0.1) is 12.7 Å². The molecule has 0 aromatic heterocycles. The number of carbonyl (C=O) groups excluding carboxylic acids is 1. The fourth-order valence-corrected chi connectivity index (χ4v) is 3.94. The summed E-state index contributed by atoms with van der Waals surface area (Å²) < 4.78 is 93.5. The summed E-state index contributed by atoms with van der Waals surface area (Å²) in [6.07, 6.45) is -6.71. The van der Waals surface area contributed by atoms with Gasteiger partial charge in [-0.25, -0.2) is 8.78 Å². The Labute approximate surface area is 184 Å². The average molecular weight is 472 g/mol. The lowest BCUT2D eigenvalue weighted by Crippen LogP contribution is -2.47. The summed E-state index contributed by atoms with van der Waals surface area (Å²) in [6, 6.07) is 6.36. The van der Waals surface area contributed by atoms with Crippen LogP contribution in [0.1, 0.15) is 30.9 Å². The van der Waals surface area contributed by atoms with Crippen LogP contribution in [0.3, 0.4) is 0 Å². The summed E-state index contributed by atoms with van der Waals surface area (Å²) in [5, 5.41) is 11.2. The molecule has 0 bridgehead atoms. The third kappa shape index (κ3) is 4.11. The zero-order chi connectivity index (χ0) is 24.7. The maximum absolute atomic E-state index is 14.3. The molecule has 0 unspecified atom stereocenters. The molecule has 11 heteroatoms. The number of hydrogen-bond donors (Lipinski definition) is 1. The molecule has 1 fully saturated rings. The van der Waals surface area contributed by atoms with Gasteiger partial charge in [0.1, 0.15) is 18.0 Å². The largest absolute Gasteiger partial charge is 0.493 e. The molecule has 4 atom stereocenters. The van der Waals surface area contributed by atoms with Crippen LogP contribution in [-0.4, -0.2) is 30.9 Å². The average Bonchev–Trinajstić information content (AvgIpc) is 3.03. The molecule has 2 aromatic carbocycles. The van der Waals surface area contributed by atoms with Crippen molar-refractivity contribution in [3.63, 3.8) is 0 Å². The van der Waals surface area contributed by atoms with Crippen LogP contribution in [0, 0.1) is 34.7 Å². The molecular formula is C22H18F6N2O3. The molecule has 1 aliphatic heterocycles. The second kappa shape index (κ2) is 8.59. The Morgan fingerprint density at radius 2 is 1.82 bits per heavy atom. The van der Waals surface area contributed by atoms with Crippen LogP contribution in [0.5, 0.6) is 5.75 Å². The monoisotopic (exact) mass is 472 g/mol. The molecule has 3 rings (SSSR count). The second-order valence-corrected chi connectivity index (χ2v) is 7.74. The number of benzene rings is 2. The van der Waals surface area contributed by atoms with Crippen LogP contribution in [-0.2, 0) is 9.53 Å². The molecule has 176 valence electrons. The Kier molecular flexibility index (Phi) is 6.35. The van der Waals surface area contributed by atoms with Gasteiger partial charge in [-0.15, -0.1) is 0 Å². The second-order valence-electron chi connectivity index (χ2n) is 7.74. The van der Waals surface area contributed by atoms with Crippen molar-refractivity contribution in [1.82, 2.24) is 0 Å². The molecule has 0 aliphatic carbocycles. The lowest BCUT2D eigenvalue weighted by molar-refractivity contribution is -0.272. The number of nitrogens with one attached hydrogen (secondary N) is 1. The molecule has 1 heterocycles. The fourth-order valence-electron chi connectivity index (χ4n) is 3.94. The summed E-state index contributed by atoms with van der Waals surface area (Å²) in [5.41, 5.74) is -3.46. The van der Waals surface area contributed by atoms with Crippen molar-refractivity contribution >= 4 is 11.6 Å². The number of rotatable bonds is 4. The maximum atomic E-state index is 14.3. The molecule has 1 aliphatic rings. The van der Waals surface area contributed by atoms with E-state index in [2.05, 4.69) is 5.32 Å². The Hall–Kier alpha value is -3.26. The molecule has 0 saturated carbocycles. The van der Waals surface area contributed by atoms with Gasteiger partial charge in [-0.1, -0.05) is 13.0 Å². The third-order valence-corrected chi connectivity index (χ3v) is 5.92. The quantitative estimate of drug-likeness (QED) is 0.632. The van der Waals surface area contributed by atoms with E-state index in [1.807, 2.05) is 0 Å². The van der Waals surface area contributed by atoms with E-state index in [0.717, 1.165) is 44.4 Å². The predicted octanol–water partition coefficient (Wildman–Crippen LogP) is 5.06. The fraction of sp³-hybridized carbons (Fsp3) is 0.364. The number of carbonyl (C=O) groups is 1. The highest BCUT2D eigenvalue weighted by Crippen LogP contribution is 2.55. The van der Waals surface area contributed by atoms with E-state index in [1.165, 1.54) is 6.92 Å². The minimum absolute atomic E-state index is 0.0641. The van der Waals surface area contributed by atoms with Crippen LogP contribution in [0.25, 0.3) is 0 Å². The van der Waals surface area contributed by atoms with E-state index in [9.17, 15) is 31.1 Å². The van der Waals surface area contributed by atoms with Crippen molar-refractivity contribution in [3.05, 3.63) is 58.9 Å². The van der Waals surface area contributed by atoms with Gasteiger partial charge in [-0.3, -0.25) is 4.79 Å². The van der Waals surface area contributed by atoms with Crippen molar-refractivity contribution in [2.24, 2.45) is 5.92 Å². The molecule has 5 nitrogen and oxygen atoms in total. The van der Waals surface area contributed by atoms with Crippen molar-refractivity contribution in [2.75, 3.05) is 12.4 Å². The first kappa shape index (κ1) is 24.4. The zero-order valence-electron chi connectivity index (χ0n) is 17.6. The van der Waals surface area contributed by atoms with Gasteiger partial charge in [0.15, 0.2) is 17.2 Å². The molecule has 0 radical (unpaired) electrons. The Morgan fingerprint density at radius 1 is 1.18 bits per heavy atom. The van der Waals surface area contributed by atoms with E-state index < -0.39 is 64.4 Å². The van der Waals surface area contributed by atoms with E-state index in [0.29, 0.717) is 0 Å². The van der Waals surface area contributed by atoms with E-state index in [1.54, 1.807) is 6.07 Å². The third-order valence-electron chi connectivity index (χ3n) is 5.92. The van der Waals surface area contributed by atoms with Crippen LogP contribution >= 0.6 is 0 Å². The number of methoxy groups -OCH3 is 1. The molecule has 2 aromatic rings. The van der Waals surface area contributed by atoms with Crippen molar-refractivity contribution < 1.29 is 40.6 Å². The predicted molar refractivity (Wildman–Crippen MR) is 104 cm³/mol. The highest BCUT2D eigenvalue weighted by Gasteiger charge is 2.65. The van der Waals surface area contributed by atoms with Crippen LogP contribution in [0.15, 0.2) is 30.3 Å². The number of amides is 1. The van der Waals surface area contributed by atoms with Gasteiger partial charge in [0, 0.05) is 23.1 Å². The first-order valence-electron chi connectivity index (χ1n) is 9.62. The summed E-state index contributed by atoms with van der Waals surface area (Å²) >= 11 is 0. The SMILES string of the molecule is COc1c([C@H]2[C@H](C(=O)Nc3ccc(F)c(C#N)c3)O[C@@](C)(C(F)(F)F)[C@H]2C)ccc(F)c1F. The molecular weight excluding hydrogens is 454 g/mol. The highest BCUT2D eigenvalue weighted by atomic mass is 19.4. The summed E-state index contributed by atoms with van der Waals surface area (Å²) in [6.45, 7) is 1.94. The zero-order valence-corrected chi connectivity index (χ0v) is 17.6. The molecule has 1 saturated heterocycles. The normalized spacial score (nSPS) is 24.9. The van der Waals surface area contributed by atoms with Gasteiger partial charge < -0.3 is 14.8 Å². The van der Waals surface area contributed by atoms with Crippen molar-refractivity contribution in [2.45, 2.75) is 37.6 Å². The summed E-state index contributed by atoms with van der Waals surface area (Å²) in [4.78, 5) is 13.0. The van der Waals surface area contributed by atoms with Gasteiger partial charge in [0.25, 0.3) is 5.91 Å². The van der Waals surface area contributed by atoms with Crippen molar-refractivity contribution in [3.8, 4) is 11.8 Å². The number of alkyl halides is 3. The molecule has 1 N–H and O–H groups in total.